The van der Waals surface area contributed by atoms with Gasteiger partial charge in [0.05, 0.1) is 19.8 Å². The molecule has 1 heterocycles. The number of hydrogen-bond acceptors (Lipinski definition) is 4. The molecule has 20 heavy (non-hydrogen) atoms. The van der Waals surface area contributed by atoms with Crippen molar-refractivity contribution in [3.05, 3.63) is 29.3 Å². The highest BCUT2D eigenvalue weighted by atomic mass is 16.5. The van der Waals surface area contributed by atoms with Crippen LogP contribution in [0, 0.1) is 6.92 Å². The molecule has 0 aliphatic carbocycles. The lowest BCUT2D eigenvalue weighted by molar-refractivity contribution is -0.126. The van der Waals surface area contributed by atoms with E-state index in [0.717, 1.165) is 16.9 Å². The minimum absolute atomic E-state index is 0.0345. The summed E-state index contributed by atoms with van der Waals surface area (Å²) in [4.78, 5) is 12.0. The summed E-state index contributed by atoms with van der Waals surface area (Å²) in [6.07, 6.45) is 0. The van der Waals surface area contributed by atoms with Crippen LogP contribution in [-0.4, -0.2) is 38.3 Å². The number of nitrogens with one attached hydrogen (secondary N) is 2. The summed E-state index contributed by atoms with van der Waals surface area (Å²) >= 11 is 0. The number of benzene rings is 1. The molecule has 1 aromatic carbocycles. The molecular formula is C15H22N2O3. The molecule has 0 spiro atoms. The van der Waals surface area contributed by atoms with Crippen LogP contribution in [-0.2, 0) is 16.1 Å². The predicted octanol–water partition coefficient (Wildman–Crippen LogP) is 0.998. The third kappa shape index (κ3) is 3.95. The largest absolute Gasteiger partial charge is 0.494 e. The Hall–Kier alpha value is -1.59. The van der Waals surface area contributed by atoms with Gasteiger partial charge in [-0.25, -0.2) is 0 Å². The van der Waals surface area contributed by atoms with Gasteiger partial charge >= 0.3 is 0 Å². The topological polar surface area (TPSA) is 59.6 Å². The van der Waals surface area contributed by atoms with Crippen LogP contribution in [0.4, 0.5) is 0 Å². The maximum Gasteiger partial charge on any atom is 0.239 e. The van der Waals surface area contributed by atoms with E-state index >= 15 is 0 Å². The van der Waals surface area contributed by atoms with Crippen molar-refractivity contribution in [2.75, 3.05) is 26.4 Å². The normalized spacial score (nSPS) is 18.6. The summed E-state index contributed by atoms with van der Waals surface area (Å²) < 4.78 is 10.9. The van der Waals surface area contributed by atoms with E-state index in [0.29, 0.717) is 32.9 Å². The molecule has 0 bridgehead atoms. The molecule has 0 radical (unpaired) electrons. The number of carbonyl (C=O) groups excluding carboxylic acids is 1. The molecule has 1 aromatic rings. The molecule has 1 fully saturated rings. The molecule has 1 aliphatic rings. The van der Waals surface area contributed by atoms with Gasteiger partial charge in [-0.1, -0.05) is 12.1 Å². The maximum atomic E-state index is 12.0. The first-order valence-corrected chi connectivity index (χ1v) is 7.02. The van der Waals surface area contributed by atoms with Crippen LogP contribution < -0.4 is 15.4 Å². The second-order valence-electron chi connectivity index (χ2n) is 4.84. The predicted molar refractivity (Wildman–Crippen MR) is 76.8 cm³/mol. The molecule has 0 aromatic heterocycles. The minimum Gasteiger partial charge on any atom is -0.494 e. The highest BCUT2D eigenvalue weighted by molar-refractivity contribution is 5.82. The van der Waals surface area contributed by atoms with Gasteiger partial charge in [-0.3, -0.25) is 4.79 Å². The van der Waals surface area contributed by atoms with Crippen molar-refractivity contribution in [3.63, 3.8) is 0 Å². The zero-order valence-corrected chi connectivity index (χ0v) is 12.1. The molecule has 5 heteroatoms. The van der Waals surface area contributed by atoms with Crippen LogP contribution in [0.25, 0.3) is 0 Å². The monoisotopic (exact) mass is 278 g/mol. The van der Waals surface area contributed by atoms with Gasteiger partial charge in [0.2, 0.25) is 5.91 Å². The van der Waals surface area contributed by atoms with Crippen molar-refractivity contribution in [1.82, 2.24) is 10.6 Å². The van der Waals surface area contributed by atoms with Crippen LogP contribution in [0.5, 0.6) is 5.75 Å². The van der Waals surface area contributed by atoms with E-state index in [-0.39, 0.29) is 11.9 Å². The van der Waals surface area contributed by atoms with Gasteiger partial charge < -0.3 is 20.1 Å². The Balaban J connectivity index is 1.94. The highest BCUT2D eigenvalue weighted by Gasteiger charge is 2.20. The van der Waals surface area contributed by atoms with E-state index in [2.05, 4.69) is 10.6 Å². The van der Waals surface area contributed by atoms with Gasteiger partial charge in [-0.05, 0) is 25.5 Å². The summed E-state index contributed by atoms with van der Waals surface area (Å²) in [5.41, 5.74) is 2.13. The summed E-state index contributed by atoms with van der Waals surface area (Å²) in [7, 11) is 0. The first-order valence-electron chi connectivity index (χ1n) is 7.02. The van der Waals surface area contributed by atoms with Crippen LogP contribution >= 0.6 is 0 Å². The fraction of sp³-hybridized carbons (Fsp3) is 0.533. The Kier molecular flexibility index (Phi) is 5.38. The highest BCUT2D eigenvalue weighted by Crippen LogP contribution is 2.20. The van der Waals surface area contributed by atoms with Crippen LogP contribution in [0.2, 0.25) is 0 Å². The lowest BCUT2D eigenvalue weighted by atomic mass is 10.1. The summed E-state index contributed by atoms with van der Waals surface area (Å²) in [6, 6.07) is 5.74. The molecule has 1 saturated heterocycles. The van der Waals surface area contributed by atoms with E-state index in [1.807, 2.05) is 32.0 Å². The molecule has 0 saturated carbocycles. The number of carbonyl (C=O) groups is 1. The van der Waals surface area contributed by atoms with E-state index in [4.69, 9.17) is 9.47 Å². The smallest absolute Gasteiger partial charge is 0.239 e. The molecule has 1 amide bonds. The Morgan fingerprint density at radius 3 is 3.10 bits per heavy atom. The third-order valence-electron chi connectivity index (χ3n) is 3.21. The quantitative estimate of drug-likeness (QED) is 0.843. The van der Waals surface area contributed by atoms with Crippen LogP contribution in [0.15, 0.2) is 18.2 Å². The van der Waals surface area contributed by atoms with Crippen LogP contribution in [0.3, 0.4) is 0 Å². The Morgan fingerprint density at radius 2 is 2.40 bits per heavy atom. The minimum atomic E-state index is -0.259. The fourth-order valence-corrected chi connectivity index (χ4v) is 2.14. The van der Waals surface area contributed by atoms with Crippen molar-refractivity contribution in [2.24, 2.45) is 0 Å². The Bertz CT molecular complexity index is 456. The van der Waals surface area contributed by atoms with Crippen molar-refractivity contribution >= 4 is 5.91 Å². The first-order chi connectivity index (χ1) is 9.70. The van der Waals surface area contributed by atoms with Gasteiger partial charge in [0.15, 0.2) is 0 Å². The second-order valence-corrected chi connectivity index (χ2v) is 4.84. The SMILES string of the molecule is CCOc1cc(C)ccc1CNC(=O)C1COCCN1. The number of ether oxygens (including phenoxy) is 2. The van der Waals surface area contributed by atoms with Crippen molar-refractivity contribution in [3.8, 4) is 5.75 Å². The Morgan fingerprint density at radius 1 is 1.55 bits per heavy atom. The lowest BCUT2D eigenvalue weighted by Crippen LogP contribution is -2.51. The van der Waals surface area contributed by atoms with E-state index in [9.17, 15) is 4.79 Å². The molecule has 110 valence electrons. The number of rotatable bonds is 5. The Labute approximate surface area is 119 Å². The zero-order chi connectivity index (χ0) is 14.4. The molecule has 2 rings (SSSR count). The van der Waals surface area contributed by atoms with Gasteiger partial charge in [0, 0.05) is 18.7 Å². The van der Waals surface area contributed by atoms with Crippen LogP contribution in [0.1, 0.15) is 18.1 Å². The van der Waals surface area contributed by atoms with Crippen molar-refractivity contribution in [2.45, 2.75) is 26.4 Å². The molecule has 1 atom stereocenters. The second kappa shape index (κ2) is 7.26. The lowest BCUT2D eigenvalue weighted by Gasteiger charge is -2.23. The summed E-state index contributed by atoms with van der Waals surface area (Å²) in [5, 5.41) is 6.06. The maximum absolute atomic E-state index is 12.0. The summed E-state index contributed by atoms with van der Waals surface area (Å²) in [6.45, 7) is 6.86. The molecular weight excluding hydrogens is 256 g/mol. The van der Waals surface area contributed by atoms with Crippen molar-refractivity contribution < 1.29 is 14.3 Å². The molecule has 1 unspecified atom stereocenters. The first kappa shape index (κ1) is 14.8. The summed E-state index contributed by atoms with van der Waals surface area (Å²) in [5.74, 6) is 0.799. The van der Waals surface area contributed by atoms with Gasteiger partial charge in [-0.15, -0.1) is 0 Å². The number of amides is 1. The molecule has 2 N–H and O–H groups in total. The standard InChI is InChI=1S/C15H22N2O3/c1-3-20-14-8-11(2)4-5-12(14)9-17-15(18)13-10-19-7-6-16-13/h4-5,8,13,16H,3,6-7,9-10H2,1-2H3,(H,17,18). The van der Waals surface area contributed by atoms with E-state index in [1.165, 1.54) is 0 Å². The molecule has 5 nitrogen and oxygen atoms in total. The number of aryl methyl sites for hydroxylation is 1. The third-order valence-corrected chi connectivity index (χ3v) is 3.21. The average molecular weight is 278 g/mol. The number of hydrogen-bond donors (Lipinski definition) is 2. The van der Waals surface area contributed by atoms with Crippen molar-refractivity contribution in [1.29, 1.82) is 0 Å². The van der Waals surface area contributed by atoms with E-state index in [1.54, 1.807) is 0 Å². The van der Waals surface area contributed by atoms with Gasteiger partial charge in [0.1, 0.15) is 11.8 Å². The van der Waals surface area contributed by atoms with Gasteiger partial charge in [0.25, 0.3) is 0 Å². The van der Waals surface area contributed by atoms with E-state index < -0.39 is 0 Å². The average Bonchev–Trinajstić information content (AvgIpc) is 2.47. The zero-order valence-electron chi connectivity index (χ0n) is 12.1. The van der Waals surface area contributed by atoms with Gasteiger partial charge in [-0.2, -0.15) is 0 Å². The fourth-order valence-electron chi connectivity index (χ4n) is 2.14. The number of morpholine rings is 1. The molecule has 1 aliphatic heterocycles.